The van der Waals surface area contributed by atoms with Gasteiger partial charge in [-0.3, -0.25) is 0 Å². The normalized spacial score (nSPS) is 11.5. The van der Waals surface area contributed by atoms with Crippen molar-refractivity contribution < 1.29 is 4.42 Å². The smallest absolute Gasteiger partial charge is 0.143 e. The van der Waals surface area contributed by atoms with Crippen molar-refractivity contribution in [2.75, 3.05) is 4.90 Å². The number of rotatable bonds is 8. The third kappa shape index (κ3) is 6.21. The van der Waals surface area contributed by atoms with Crippen LogP contribution >= 0.6 is 0 Å². The van der Waals surface area contributed by atoms with Gasteiger partial charge in [-0.15, -0.1) is 0 Å². The third-order valence-electron chi connectivity index (χ3n) is 12.4. The monoisotopic (exact) mass is 804 g/mol. The Labute approximate surface area is 366 Å². The molecule has 10 aromatic carbocycles. The van der Waals surface area contributed by atoms with E-state index in [1.54, 1.807) is 0 Å². The second kappa shape index (κ2) is 15.3. The van der Waals surface area contributed by atoms with E-state index < -0.39 is 0 Å². The number of aromatic nitrogens is 1. The fourth-order valence-corrected chi connectivity index (χ4v) is 9.58. The van der Waals surface area contributed by atoms with Crippen molar-refractivity contribution in [3.8, 4) is 50.2 Å². The predicted octanol–water partition coefficient (Wildman–Crippen LogP) is 16.8. The first-order valence-corrected chi connectivity index (χ1v) is 21.5. The molecule has 2 aromatic heterocycles. The van der Waals surface area contributed by atoms with Crippen LogP contribution in [0.15, 0.2) is 247 Å². The lowest BCUT2D eigenvalue weighted by atomic mass is 9.95. The Morgan fingerprint density at radius 3 is 1.56 bits per heavy atom. The van der Waals surface area contributed by atoms with Gasteiger partial charge in [0.15, 0.2) is 0 Å². The van der Waals surface area contributed by atoms with Crippen LogP contribution in [0.4, 0.5) is 17.1 Å². The van der Waals surface area contributed by atoms with Gasteiger partial charge in [-0.25, -0.2) is 0 Å². The van der Waals surface area contributed by atoms with Gasteiger partial charge in [-0.1, -0.05) is 188 Å². The average Bonchev–Trinajstić information content (AvgIpc) is 3.92. The molecule has 12 rings (SSSR count). The van der Waals surface area contributed by atoms with Crippen LogP contribution in [0.25, 0.3) is 93.9 Å². The summed E-state index contributed by atoms with van der Waals surface area (Å²) in [6, 6.07) is 87.0. The molecule has 0 radical (unpaired) electrons. The molecule has 0 fully saturated rings. The number of hydrogen-bond donors (Lipinski definition) is 0. The minimum Gasteiger partial charge on any atom is -0.455 e. The lowest BCUT2D eigenvalue weighted by Gasteiger charge is -2.30. The standard InChI is InChI=1S/C60H40N2O/c1-3-18-42(19-4-1)47-24-7-11-31-54(47)61(45-38-36-41(37-39-45)44-22-15-23-46(40-44)62-55-32-12-8-25-49(55)50-26-9-13-33-56(50)62)57-34-14-10-27-51(57)52-29-17-35-58-59(52)53-30-16-28-48(60(53)63-58)43-20-5-2-6-21-43/h1-40H. The van der Waals surface area contributed by atoms with E-state index in [0.717, 1.165) is 89.2 Å². The van der Waals surface area contributed by atoms with Crippen molar-refractivity contribution in [3.05, 3.63) is 243 Å². The summed E-state index contributed by atoms with van der Waals surface area (Å²) < 4.78 is 9.14. The average molecular weight is 805 g/mol. The highest BCUT2D eigenvalue weighted by Crippen LogP contribution is 2.48. The molecule has 0 aliphatic heterocycles. The van der Waals surface area contributed by atoms with Gasteiger partial charge >= 0.3 is 0 Å². The minimum atomic E-state index is 0.865. The van der Waals surface area contributed by atoms with Gasteiger partial charge in [0.25, 0.3) is 0 Å². The van der Waals surface area contributed by atoms with Crippen LogP contribution in [0, 0.1) is 0 Å². The van der Waals surface area contributed by atoms with Crippen molar-refractivity contribution in [2.24, 2.45) is 0 Å². The maximum Gasteiger partial charge on any atom is 0.143 e. The summed E-state index contributed by atoms with van der Waals surface area (Å²) in [7, 11) is 0. The largest absolute Gasteiger partial charge is 0.455 e. The molecular weight excluding hydrogens is 765 g/mol. The maximum absolute atomic E-state index is 6.76. The Morgan fingerprint density at radius 1 is 0.333 bits per heavy atom. The van der Waals surface area contributed by atoms with Gasteiger partial charge in [-0.05, 0) is 82.4 Å². The van der Waals surface area contributed by atoms with Crippen molar-refractivity contribution in [2.45, 2.75) is 0 Å². The fourth-order valence-electron chi connectivity index (χ4n) is 9.58. The third-order valence-corrected chi connectivity index (χ3v) is 12.4. The van der Waals surface area contributed by atoms with Crippen LogP contribution in [-0.4, -0.2) is 4.57 Å². The maximum atomic E-state index is 6.76. The highest BCUT2D eigenvalue weighted by atomic mass is 16.3. The Morgan fingerprint density at radius 2 is 0.841 bits per heavy atom. The molecule has 3 nitrogen and oxygen atoms in total. The van der Waals surface area contributed by atoms with E-state index in [1.807, 2.05) is 0 Å². The molecule has 2 heterocycles. The highest BCUT2D eigenvalue weighted by molar-refractivity contribution is 6.16. The molecule has 0 spiro atoms. The van der Waals surface area contributed by atoms with Crippen LogP contribution in [0.1, 0.15) is 0 Å². The molecular formula is C60H40N2O. The molecule has 3 heteroatoms. The molecule has 0 saturated heterocycles. The molecule has 0 atom stereocenters. The second-order valence-corrected chi connectivity index (χ2v) is 16.0. The number of furan rings is 1. The Hall–Kier alpha value is -8.40. The lowest BCUT2D eigenvalue weighted by molar-refractivity contribution is 0.670. The van der Waals surface area contributed by atoms with Crippen LogP contribution in [0.2, 0.25) is 0 Å². The van der Waals surface area contributed by atoms with Gasteiger partial charge in [0.05, 0.1) is 22.4 Å². The summed E-state index contributed by atoms with van der Waals surface area (Å²) in [4.78, 5) is 2.42. The molecule has 0 saturated carbocycles. The molecule has 0 unspecified atom stereocenters. The Kier molecular flexibility index (Phi) is 8.83. The molecule has 0 N–H and O–H groups in total. The molecule has 12 aromatic rings. The number of nitrogens with zero attached hydrogens (tertiary/aromatic N) is 2. The van der Waals surface area contributed by atoms with Crippen LogP contribution in [-0.2, 0) is 0 Å². The summed E-state index contributed by atoms with van der Waals surface area (Å²) in [6.45, 7) is 0. The van der Waals surface area contributed by atoms with Crippen molar-refractivity contribution in [1.29, 1.82) is 0 Å². The zero-order valence-electron chi connectivity index (χ0n) is 34.4. The summed E-state index contributed by atoms with van der Waals surface area (Å²) in [5.74, 6) is 0. The topological polar surface area (TPSA) is 21.3 Å². The van der Waals surface area contributed by atoms with Crippen molar-refractivity contribution >= 4 is 60.8 Å². The first-order valence-electron chi connectivity index (χ1n) is 21.5. The molecule has 0 amide bonds. The Balaban J connectivity index is 1.02. The fraction of sp³-hybridized carbons (Fsp3) is 0. The summed E-state index contributed by atoms with van der Waals surface area (Å²) in [5.41, 5.74) is 17.6. The number of anilines is 3. The first kappa shape index (κ1) is 36.5. The van der Waals surface area contributed by atoms with E-state index in [4.69, 9.17) is 4.42 Å². The highest BCUT2D eigenvalue weighted by Gasteiger charge is 2.23. The van der Waals surface area contributed by atoms with Crippen molar-refractivity contribution in [1.82, 2.24) is 4.57 Å². The Bertz CT molecular complexity index is 3570. The number of benzene rings is 10. The van der Waals surface area contributed by atoms with E-state index >= 15 is 0 Å². The zero-order valence-corrected chi connectivity index (χ0v) is 34.4. The minimum absolute atomic E-state index is 0.865. The summed E-state index contributed by atoms with van der Waals surface area (Å²) >= 11 is 0. The van der Waals surface area contributed by atoms with E-state index in [1.165, 1.54) is 21.8 Å². The molecule has 0 aliphatic rings. The number of hydrogen-bond acceptors (Lipinski definition) is 2. The number of para-hydroxylation sites is 5. The quantitative estimate of drug-likeness (QED) is 0.153. The first-order chi connectivity index (χ1) is 31.3. The van der Waals surface area contributed by atoms with Gasteiger partial charge in [0, 0.05) is 49.6 Å². The summed E-state index contributed by atoms with van der Waals surface area (Å²) in [6.07, 6.45) is 0. The van der Waals surface area contributed by atoms with Crippen LogP contribution < -0.4 is 4.90 Å². The van der Waals surface area contributed by atoms with E-state index in [2.05, 4.69) is 252 Å². The van der Waals surface area contributed by atoms with Gasteiger partial charge in [-0.2, -0.15) is 0 Å². The predicted molar refractivity (Wildman–Crippen MR) is 264 cm³/mol. The molecule has 296 valence electrons. The van der Waals surface area contributed by atoms with E-state index in [0.29, 0.717) is 0 Å². The SMILES string of the molecule is c1ccc(-c2ccccc2N(c2ccc(-c3cccc(-n4c5ccccc5c5ccccc54)c3)cc2)c2ccccc2-c2cccc3oc4c(-c5ccccc5)cccc4c23)cc1. The number of fused-ring (bicyclic) bond motifs is 6. The second-order valence-electron chi connectivity index (χ2n) is 16.0. The summed E-state index contributed by atoms with van der Waals surface area (Å²) in [5, 5.41) is 4.72. The molecule has 63 heavy (non-hydrogen) atoms. The van der Waals surface area contributed by atoms with Crippen LogP contribution in [0.3, 0.4) is 0 Å². The van der Waals surface area contributed by atoms with E-state index in [-0.39, 0.29) is 0 Å². The van der Waals surface area contributed by atoms with Crippen molar-refractivity contribution in [3.63, 3.8) is 0 Å². The zero-order chi connectivity index (χ0) is 41.7. The molecule has 0 bridgehead atoms. The van der Waals surface area contributed by atoms with E-state index in [9.17, 15) is 0 Å². The van der Waals surface area contributed by atoms with Crippen LogP contribution in [0.5, 0.6) is 0 Å². The van der Waals surface area contributed by atoms with Gasteiger partial charge in [0.1, 0.15) is 11.2 Å². The lowest BCUT2D eigenvalue weighted by Crippen LogP contribution is -2.12. The van der Waals surface area contributed by atoms with Gasteiger partial charge < -0.3 is 13.9 Å². The van der Waals surface area contributed by atoms with Gasteiger partial charge in [0.2, 0.25) is 0 Å². The molecule has 0 aliphatic carbocycles.